The maximum atomic E-state index is 4.64. The van der Waals surface area contributed by atoms with Gasteiger partial charge < -0.3 is 10.6 Å². The summed E-state index contributed by atoms with van der Waals surface area (Å²) in [6, 6.07) is 10.6. The van der Waals surface area contributed by atoms with Crippen LogP contribution in [0.25, 0.3) is 11.3 Å². The Balaban J connectivity index is 1.97. The Bertz CT molecular complexity index is 560. The number of aromatic nitrogens is 1. The zero-order chi connectivity index (χ0) is 14.4. The van der Waals surface area contributed by atoms with Crippen LogP contribution in [-0.2, 0) is 6.54 Å². The van der Waals surface area contributed by atoms with E-state index in [2.05, 4.69) is 52.0 Å². The molecule has 0 aliphatic rings. The van der Waals surface area contributed by atoms with Gasteiger partial charge >= 0.3 is 0 Å². The van der Waals surface area contributed by atoms with Gasteiger partial charge in [-0.15, -0.1) is 11.3 Å². The first-order valence-corrected chi connectivity index (χ1v) is 7.54. The van der Waals surface area contributed by atoms with E-state index in [0.29, 0.717) is 12.6 Å². The molecule has 0 saturated heterocycles. The van der Waals surface area contributed by atoms with Gasteiger partial charge in [0, 0.05) is 24.0 Å². The van der Waals surface area contributed by atoms with Gasteiger partial charge in [0.15, 0.2) is 5.96 Å². The molecule has 0 bridgehead atoms. The minimum atomic E-state index is 0.359. The summed E-state index contributed by atoms with van der Waals surface area (Å²) in [5.74, 6) is 0.802. The molecule has 0 spiro atoms. The highest BCUT2D eigenvalue weighted by Gasteiger charge is 2.05. The van der Waals surface area contributed by atoms with Crippen LogP contribution >= 0.6 is 11.3 Å². The molecule has 0 radical (unpaired) electrons. The molecule has 0 atom stereocenters. The van der Waals surface area contributed by atoms with Crippen LogP contribution in [0.15, 0.2) is 40.7 Å². The van der Waals surface area contributed by atoms with Crippen molar-refractivity contribution in [3.05, 3.63) is 40.7 Å². The van der Waals surface area contributed by atoms with E-state index in [4.69, 9.17) is 0 Å². The van der Waals surface area contributed by atoms with Crippen molar-refractivity contribution in [3.63, 3.8) is 0 Å². The molecular weight excluding hydrogens is 268 g/mol. The lowest BCUT2D eigenvalue weighted by Gasteiger charge is -2.13. The summed E-state index contributed by atoms with van der Waals surface area (Å²) in [4.78, 5) is 8.82. The zero-order valence-electron chi connectivity index (χ0n) is 12.1. The van der Waals surface area contributed by atoms with Crippen LogP contribution in [0.1, 0.15) is 18.9 Å². The molecule has 4 nitrogen and oxygen atoms in total. The van der Waals surface area contributed by atoms with Crippen LogP contribution < -0.4 is 10.6 Å². The first-order chi connectivity index (χ1) is 9.69. The molecule has 2 rings (SSSR count). The number of benzene rings is 1. The van der Waals surface area contributed by atoms with E-state index in [1.165, 1.54) is 0 Å². The second kappa shape index (κ2) is 7.05. The third kappa shape index (κ3) is 4.06. The smallest absolute Gasteiger partial charge is 0.191 e. The molecular formula is C15H20N4S. The molecule has 1 aromatic heterocycles. The molecule has 0 amide bonds. The molecule has 106 valence electrons. The number of rotatable bonds is 4. The number of thiazole rings is 1. The number of guanidine groups is 1. The number of nitrogens with one attached hydrogen (secondary N) is 2. The summed E-state index contributed by atoms with van der Waals surface area (Å²) in [5.41, 5.74) is 2.18. The van der Waals surface area contributed by atoms with Gasteiger partial charge in [-0.2, -0.15) is 0 Å². The highest BCUT2D eigenvalue weighted by Crippen LogP contribution is 2.21. The summed E-state index contributed by atoms with van der Waals surface area (Å²) in [5, 5.41) is 9.66. The number of nitrogens with zero attached hydrogens (tertiary/aromatic N) is 2. The van der Waals surface area contributed by atoms with E-state index in [1.54, 1.807) is 18.4 Å². The third-order valence-electron chi connectivity index (χ3n) is 2.68. The fourth-order valence-corrected chi connectivity index (χ4v) is 2.50. The van der Waals surface area contributed by atoms with Crippen molar-refractivity contribution in [1.82, 2.24) is 15.6 Å². The predicted molar refractivity (Wildman–Crippen MR) is 86.0 cm³/mol. The van der Waals surface area contributed by atoms with Gasteiger partial charge in [0.05, 0.1) is 12.2 Å². The Morgan fingerprint density at radius 2 is 2.05 bits per heavy atom. The fraction of sp³-hybridized carbons (Fsp3) is 0.333. The van der Waals surface area contributed by atoms with Crippen molar-refractivity contribution in [1.29, 1.82) is 0 Å². The molecule has 5 heteroatoms. The largest absolute Gasteiger partial charge is 0.354 e. The van der Waals surface area contributed by atoms with Crippen molar-refractivity contribution >= 4 is 17.3 Å². The van der Waals surface area contributed by atoms with Crippen LogP contribution in [0.3, 0.4) is 0 Å². The SMILES string of the molecule is CN=C(NCc1nc(-c2ccccc2)cs1)NC(C)C. The van der Waals surface area contributed by atoms with Crippen molar-refractivity contribution < 1.29 is 0 Å². The quantitative estimate of drug-likeness (QED) is 0.672. The molecule has 2 N–H and O–H groups in total. The van der Waals surface area contributed by atoms with E-state index < -0.39 is 0 Å². The Morgan fingerprint density at radius 1 is 1.30 bits per heavy atom. The van der Waals surface area contributed by atoms with Crippen LogP contribution in [-0.4, -0.2) is 24.0 Å². The average Bonchev–Trinajstić information content (AvgIpc) is 2.93. The minimum Gasteiger partial charge on any atom is -0.354 e. The second-order valence-electron chi connectivity index (χ2n) is 4.72. The van der Waals surface area contributed by atoms with Crippen LogP contribution in [0, 0.1) is 0 Å². The summed E-state index contributed by atoms with van der Waals surface area (Å²) in [6.45, 7) is 4.86. The Kier molecular flexibility index (Phi) is 5.12. The third-order valence-corrected chi connectivity index (χ3v) is 3.53. The maximum Gasteiger partial charge on any atom is 0.191 e. The highest BCUT2D eigenvalue weighted by molar-refractivity contribution is 7.09. The normalized spacial score (nSPS) is 11.7. The van der Waals surface area contributed by atoms with Gasteiger partial charge in [-0.1, -0.05) is 30.3 Å². The first-order valence-electron chi connectivity index (χ1n) is 6.66. The topological polar surface area (TPSA) is 49.3 Å². The van der Waals surface area contributed by atoms with Gasteiger partial charge in [-0.05, 0) is 13.8 Å². The van der Waals surface area contributed by atoms with Gasteiger partial charge in [0.1, 0.15) is 5.01 Å². The average molecular weight is 288 g/mol. The fourth-order valence-electron chi connectivity index (χ4n) is 1.76. The molecule has 1 heterocycles. The molecule has 0 unspecified atom stereocenters. The van der Waals surface area contributed by atoms with E-state index in [-0.39, 0.29) is 0 Å². The molecule has 0 saturated carbocycles. The lowest BCUT2D eigenvalue weighted by Crippen LogP contribution is -2.40. The first kappa shape index (κ1) is 14.5. The molecule has 0 aliphatic heterocycles. The monoisotopic (exact) mass is 288 g/mol. The molecule has 0 fully saturated rings. The van der Waals surface area contributed by atoms with Crippen molar-refractivity contribution in [2.45, 2.75) is 26.4 Å². The van der Waals surface area contributed by atoms with Gasteiger partial charge in [0.2, 0.25) is 0 Å². The van der Waals surface area contributed by atoms with Gasteiger partial charge in [-0.25, -0.2) is 4.98 Å². The minimum absolute atomic E-state index is 0.359. The van der Waals surface area contributed by atoms with E-state index >= 15 is 0 Å². The Labute approximate surface area is 124 Å². The van der Waals surface area contributed by atoms with Crippen molar-refractivity contribution in [2.75, 3.05) is 7.05 Å². The maximum absolute atomic E-state index is 4.64. The molecule has 2 aromatic rings. The van der Waals surface area contributed by atoms with E-state index in [1.807, 2.05) is 18.2 Å². The molecule has 1 aromatic carbocycles. The number of aliphatic imine (C=N–C) groups is 1. The predicted octanol–water partition coefficient (Wildman–Crippen LogP) is 2.88. The summed E-state index contributed by atoms with van der Waals surface area (Å²) < 4.78 is 0. The second-order valence-corrected chi connectivity index (χ2v) is 5.66. The lowest BCUT2D eigenvalue weighted by molar-refractivity contribution is 0.699. The number of hydrogen-bond acceptors (Lipinski definition) is 3. The van der Waals surface area contributed by atoms with Crippen LogP contribution in [0.4, 0.5) is 0 Å². The Morgan fingerprint density at radius 3 is 2.70 bits per heavy atom. The van der Waals surface area contributed by atoms with Crippen LogP contribution in [0.2, 0.25) is 0 Å². The lowest BCUT2D eigenvalue weighted by atomic mass is 10.2. The van der Waals surface area contributed by atoms with Crippen molar-refractivity contribution in [3.8, 4) is 11.3 Å². The van der Waals surface area contributed by atoms with E-state index in [9.17, 15) is 0 Å². The highest BCUT2D eigenvalue weighted by atomic mass is 32.1. The number of hydrogen-bond donors (Lipinski definition) is 2. The standard InChI is InChI=1S/C15H20N4S/c1-11(2)18-15(16-3)17-9-14-19-13(10-20-14)12-7-5-4-6-8-12/h4-8,10-11H,9H2,1-3H3,(H2,16,17,18). The summed E-state index contributed by atoms with van der Waals surface area (Å²) in [6.07, 6.45) is 0. The van der Waals surface area contributed by atoms with Crippen molar-refractivity contribution in [2.24, 2.45) is 4.99 Å². The van der Waals surface area contributed by atoms with Gasteiger partial charge in [0.25, 0.3) is 0 Å². The summed E-state index contributed by atoms with van der Waals surface area (Å²) >= 11 is 1.66. The summed E-state index contributed by atoms with van der Waals surface area (Å²) in [7, 11) is 1.77. The van der Waals surface area contributed by atoms with Gasteiger partial charge in [-0.3, -0.25) is 4.99 Å². The zero-order valence-corrected chi connectivity index (χ0v) is 12.9. The van der Waals surface area contributed by atoms with Crippen LogP contribution in [0.5, 0.6) is 0 Å². The molecule has 20 heavy (non-hydrogen) atoms. The van der Waals surface area contributed by atoms with E-state index in [0.717, 1.165) is 22.2 Å². The Hall–Kier alpha value is -1.88. The molecule has 0 aliphatic carbocycles.